The minimum Gasteiger partial charge on any atom is -0.424 e. The number of sulfonamides is 1. The van der Waals surface area contributed by atoms with Gasteiger partial charge < -0.3 is 14.5 Å². The minimum absolute atomic E-state index is 0.343. The van der Waals surface area contributed by atoms with Crippen molar-refractivity contribution in [1.82, 2.24) is 24.4 Å². The Labute approximate surface area is 166 Å². The van der Waals surface area contributed by atoms with Crippen LogP contribution in [0, 0.1) is 0 Å². The molecule has 1 aliphatic heterocycles. The van der Waals surface area contributed by atoms with E-state index in [4.69, 9.17) is 4.74 Å². The molecule has 3 rings (SSSR count). The van der Waals surface area contributed by atoms with E-state index in [2.05, 4.69) is 37.8 Å². The first-order chi connectivity index (χ1) is 13.3. The highest BCUT2D eigenvalue weighted by Gasteiger charge is 2.21. The smallest absolute Gasteiger partial charge is 0.322 e. The molecule has 1 saturated heterocycles. The van der Waals surface area contributed by atoms with Crippen LogP contribution in [0.25, 0.3) is 0 Å². The third-order valence-electron chi connectivity index (χ3n) is 4.74. The van der Waals surface area contributed by atoms with Crippen LogP contribution >= 0.6 is 0 Å². The summed E-state index contributed by atoms with van der Waals surface area (Å²) in [6.07, 6.45) is 1.12. The number of hydrogen-bond donors (Lipinski definition) is 1. The quantitative estimate of drug-likeness (QED) is 0.741. The Hall–Kier alpha value is -2.17. The lowest BCUT2D eigenvalue weighted by Crippen LogP contribution is -2.44. The van der Waals surface area contributed by atoms with Gasteiger partial charge in [0.05, 0.1) is 12.3 Å². The summed E-state index contributed by atoms with van der Waals surface area (Å²) in [5, 5.41) is 8.25. The summed E-state index contributed by atoms with van der Waals surface area (Å²) in [6.45, 7) is 8.25. The molecule has 1 atom stereocenters. The number of nitrogens with one attached hydrogen (secondary N) is 1. The number of anilines is 1. The maximum Gasteiger partial charge on any atom is 0.322 e. The molecular weight excluding hydrogens is 380 g/mol. The van der Waals surface area contributed by atoms with Crippen molar-refractivity contribution in [2.75, 3.05) is 44.4 Å². The lowest BCUT2D eigenvalue weighted by Gasteiger charge is -2.34. The van der Waals surface area contributed by atoms with Gasteiger partial charge in [0.15, 0.2) is 5.82 Å². The molecule has 1 aromatic carbocycles. The molecule has 0 aliphatic carbocycles. The average molecular weight is 409 g/mol. The zero-order chi connectivity index (χ0) is 20.3. The highest BCUT2D eigenvalue weighted by Crippen LogP contribution is 2.27. The van der Waals surface area contributed by atoms with E-state index in [9.17, 15) is 8.42 Å². The van der Waals surface area contributed by atoms with Gasteiger partial charge in [0.1, 0.15) is 5.75 Å². The first-order valence-electron chi connectivity index (χ1n) is 9.38. The molecule has 1 N–H and O–H groups in total. The molecule has 0 amide bonds. The van der Waals surface area contributed by atoms with E-state index < -0.39 is 16.1 Å². The van der Waals surface area contributed by atoms with Crippen molar-refractivity contribution in [3.05, 3.63) is 30.1 Å². The van der Waals surface area contributed by atoms with Crippen molar-refractivity contribution in [1.29, 1.82) is 0 Å². The van der Waals surface area contributed by atoms with E-state index in [0.717, 1.165) is 38.1 Å². The lowest BCUT2D eigenvalue weighted by molar-refractivity contribution is 0.312. The summed E-state index contributed by atoms with van der Waals surface area (Å²) in [4.78, 5) is 4.65. The van der Waals surface area contributed by atoms with Crippen molar-refractivity contribution >= 4 is 15.7 Å². The Morgan fingerprint density at radius 3 is 2.57 bits per heavy atom. The first-order valence-corrected chi connectivity index (χ1v) is 11.3. The molecule has 1 fully saturated rings. The molecule has 0 unspecified atom stereocenters. The molecule has 0 spiro atoms. The van der Waals surface area contributed by atoms with Crippen LogP contribution in [0.5, 0.6) is 11.8 Å². The molecule has 2 aromatic rings. The van der Waals surface area contributed by atoms with Gasteiger partial charge >= 0.3 is 6.01 Å². The average Bonchev–Trinajstić information content (AvgIpc) is 3.04. The third-order valence-corrected chi connectivity index (χ3v) is 5.52. The summed E-state index contributed by atoms with van der Waals surface area (Å²) in [5.41, 5.74) is 1.11. The van der Waals surface area contributed by atoms with Gasteiger partial charge in [-0.25, -0.2) is 13.1 Å². The van der Waals surface area contributed by atoms with E-state index in [-0.39, 0.29) is 0 Å². The largest absolute Gasteiger partial charge is 0.424 e. The number of likely N-dealkylation sites (N-methyl/N-ethyl adjacent to an activating group) is 1. The normalized spacial score (nSPS) is 16.9. The van der Waals surface area contributed by atoms with Gasteiger partial charge in [-0.05, 0) is 33.0 Å². The predicted molar refractivity (Wildman–Crippen MR) is 108 cm³/mol. The summed E-state index contributed by atoms with van der Waals surface area (Å²) in [6, 6.07) is 7.76. The molecule has 154 valence electrons. The van der Waals surface area contributed by atoms with Crippen LogP contribution in [0.3, 0.4) is 0 Å². The summed E-state index contributed by atoms with van der Waals surface area (Å²) < 4.78 is 33.3. The van der Waals surface area contributed by atoms with Gasteiger partial charge in [0.2, 0.25) is 10.0 Å². The number of nitrogens with zero attached hydrogens (tertiary/aromatic N) is 5. The monoisotopic (exact) mass is 408 g/mol. The van der Waals surface area contributed by atoms with Gasteiger partial charge in [0, 0.05) is 44.5 Å². The SMILES string of the molecule is CCn1c(Oc2cccc(N3CCN(C)CC3)c2)nnc1[C@@H](C)NS(C)(=O)=O. The van der Waals surface area contributed by atoms with Crippen LogP contribution in [-0.4, -0.2) is 67.6 Å². The highest BCUT2D eigenvalue weighted by molar-refractivity contribution is 7.88. The van der Waals surface area contributed by atoms with Crippen molar-refractivity contribution < 1.29 is 13.2 Å². The van der Waals surface area contributed by atoms with Crippen LogP contribution in [-0.2, 0) is 16.6 Å². The second kappa shape index (κ2) is 8.46. The van der Waals surface area contributed by atoms with Gasteiger partial charge in [-0.1, -0.05) is 11.2 Å². The molecule has 1 aromatic heterocycles. The van der Waals surface area contributed by atoms with E-state index in [0.29, 0.717) is 24.1 Å². The molecule has 0 radical (unpaired) electrons. The topological polar surface area (TPSA) is 92.6 Å². The molecule has 0 saturated carbocycles. The highest BCUT2D eigenvalue weighted by atomic mass is 32.2. The molecular formula is C18H28N6O3S. The fraction of sp³-hybridized carbons (Fsp3) is 0.556. The number of rotatable bonds is 7. The molecule has 28 heavy (non-hydrogen) atoms. The summed E-state index contributed by atoms with van der Waals surface area (Å²) in [7, 11) is -1.22. The van der Waals surface area contributed by atoms with Crippen molar-refractivity contribution in [3.8, 4) is 11.8 Å². The van der Waals surface area contributed by atoms with Gasteiger partial charge in [0.25, 0.3) is 0 Å². The second-order valence-corrected chi connectivity index (χ2v) is 8.87. The van der Waals surface area contributed by atoms with Crippen molar-refractivity contribution in [3.63, 3.8) is 0 Å². The molecule has 10 heteroatoms. The number of piperazine rings is 1. The Morgan fingerprint density at radius 1 is 1.21 bits per heavy atom. The minimum atomic E-state index is -3.35. The van der Waals surface area contributed by atoms with Crippen LogP contribution in [0.15, 0.2) is 24.3 Å². The van der Waals surface area contributed by atoms with Crippen LogP contribution in [0.1, 0.15) is 25.7 Å². The van der Waals surface area contributed by atoms with Gasteiger partial charge in [-0.15, -0.1) is 5.10 Å². The predicted octanol–water partition coefficient (Wildman–Crippen LogP) is 1.45. The van der Waals surface area contributed by atoms with Crippen LogP contribution < -0.4 is 14.4 Å². The van der Waals surface area contributed by atoms with E-state index >= 15 is 0 Å². The standard InChI is InChI=1S/C18H28N6O3S/c1-5-24-17(14(2)21-28(4,25)26)19-20-18(24)27-16-8-6-7-15(13-16)23-11-9-22(3)10-12-23/h6-8,13-14,21H,5,9-12H2,1-4H3/t14-/m1/s1. The molecule has 1 aliphatic rings. The van der Waals surface area contributed by atoms with Crippen LogP contribution in [0.2, 0.25) is 0 Å². The summed E-state index contributed by atoms with van der Waals surface area (Å²) >= 11 is 0. The Kier molecular flexibility index (Phi) is 6.21. The molecule has 2 heterocycles. The molecule has 0 bridgehead atoms. The zero-order valence-electron chi connectivity index (χ0n) is 16.8. The van der Waals surface area contributed by atoms with Crippen LogP contribution in [0.4, 0.5) is 5.69 Å². The third kappa shape index (κ3) is 5.00. The summed E-state index contributed by atoms with van der Waals surface area (Å²) in [5.74, 6) is 1.19. The fourth-order valence-corrected chi connectivity index (χ4v) is 4.03. The Morgan fingerprint density at radius 2 is 1.93 bits per heavy atom. The maximum absolute atomic E-state index is 11.5. The first kappa shape index (κ1) is 20.6. The lowest BCUT2D eigenvalue weighted by atomic mass is 10.2. The number of hydrogen-bond acceptors (Lipinski definition) is 7. The zero-order valence-corrected chi connectivity index (χ0v) is 17.6. The maximum atomic E-state index is 11.5. The number of benzene rings is 1. The van der Waals surface area contributed by atoms with E-state index in [1.165, 1.54) is 0 Å². The van der Waals surface area contributed by atoms with Gasteiger partial charge in [-0.2, -0.15) is 0 Å². The van der Waals surface area contributed by atoms with Gasteiger partial charge in [-0.3, -0.25) is 4.57 Å². The Balaban J connectivity index is 1.78. The number of ether oxygens (including phenoxy) is 1. The number of aromatic nitrogens is 3. The fourth-order valence-electron chi connectivity index (χ4n) is 3.28. The molecule has 9 nitrogen and oxygen atoms in total. The van der Waals surface area contributed by atoms with E-state index in [1.807, 2.05) is 25.1 Å². The van der Waals surface area contributed by atoms with E-state index in [1.54, 1.807) is 11.5 Å². The van der Waals surface area contributed by atoms with Crippen molar-refractivity contribution in [2.45, 2.75) is 26.4 Å². The van der Waals surface area contributed by atoms with Crippen molar-refractivity contribution in [2.24, 2.45) is 0 Å². The second-order valence-electron chi connectivity index (χ2n) is 7.09. The Bertz CT molecular complexity index is 906.